The van der Waals surface area contributed by atoms with E-state index < -0.39 is 0 Å². The predicted octanol–water partition coefficient (Wildman–Crippen LogP) is 4.45. The summed E-state index contributed by atoms with van der Waals surface area (Å²) >= 11 is 0. The molecule has 5 heteroatoms. The Labute approximate surface area is 160 Å². The van der Waals surface area contributed by atoms with Gasteiger partial charge in [-0.05, 0) is 48.0 Å². The van der Waals surface area contributed by atoms with E-state index in [4.69, 9.17) is 0 Å². The first-order chi connectivity index (χ1) is 13.8. The number of fused-ring (bicyclic) bond motifs is 2. The lowest BCUT2D eigenvalue weighted by Crippen LogP contribution is -2.14. The molecule has 2 aromatic heterocycles. The first-order valence-electron chi connectivity index (χ1n) is 8.89. The van der Waals surface area contributed by atoms with Gasteiger partial charge in [0.2, 0.25) is 0 Å². The van der Waals surface area contributed by atoms with Gasteiger partial charge in [-0.3, -0.25) is 4.98 Å². The Morgan fingerprint density at radius 2 is 1.79 bits per heavy atom. The van der Waals surface area contributed by atoms with E-state index >= 15 is 0 Å². The van der Waals surface area contributed by atoms with Gasteiger partial charge in [0.15, 0.2) is 0 Å². The third-order valence-corrected chi connectivity index (χ3v) is 4.73. The zero-order chi connectivity index (χ0) is 18.9. The zero-order valence-corrected chi connectivity index (χ0v) is 14.8. The quantitative estimate of drug-likeness (QED) is 0.572. The fraction of sp³-hybridized carbons (Fsp3) is 0. The molecule has 134 valence electrons. The molecule has 0 fully saturated rings. The molecule has 28 heavy (non-hydrogen) atoms. The highest BCUT2D eigenvalue weighted by Crippen LogP contribution is 2.20. The molecule has 4 aromatic rings. The Hall–Kier alpha value is -3.86. The SMILES string of the molecule is Fc1cc2c(cc1=Cc1c[nH]c3ccccc13)N=NC=2/C=C/c1ccncc1. The molecule has 1 N–H and O–H groups in total. The molecule has 2 aromatic carbocycles. The summed E-state index contributed by atoms with van der Waals surface area (Å²) in [6.07, 6.45) is 10.9. The second kappa shape index (κ2) is 6.70. The molecule has 0 aliphatic carbocycles. The van der Waals surface area contributed by atoms with Gasteiger partial charge in [-0.2, -0.15) is 0 Å². The number of nitrogens with one attached hydrogen (secondary N) is 1. The van der Waals surface area contributed by atoms with Crippen LogP contribution in [-0.2, 0) is 0 Å². The second-order valence-corrected chi connectivity index (χ2v) is 6.52. The third kappa shape index (κ3) is 2.93. The lowest BCUT2D eigenvalue weighted by molar-refractivity contribution is 0.618. The highest BCUT2D eigenvalue weighted by atomic mass is 19.1. The van der Waals surface area contributed by atoms with Gasteiger partial charge in [0.05, 0.1) is 11.4 Å². The number of H-pyrrole nitrogens is 1. The third-order valence-electron chi connectivity index (χ3n) is 4.73. The molecular weight excluding hydrogens is 351 g/mol. The zero-order valence-electron chi connectivity index (χ0n) is 14.8. The highest BCUT2D eigenvalue weighted by molar-refractivity contribution is 5.88. The first kappa shape index (κ1) is 16.3. The predicted molar refractivity (Wildman–Crippen MR) is 109 cm³/mol. The number of halogens is 1. The summed E-state index contributed by atoms with van der Waals surface area (Å²) in [6.45, 7) is 0. The van der Waals surface area contributed by atoms with Crippen molar-refractivity contribution in [2.24, 2.45) is 10.2 Å². The summed E-state index contributed by atoms with van der Waals surface area (Å²) in [4.78, 5) is 7.20. The molecule has 0 spiro atoms. The molecular formula is C23H15FN4. The van der Waals surface area contributed by atoms with Crippen LogP contribution in [0.25, 0.3) is 28.8 Å². The standard InChI is InChI=1S/C23H15FN4/c24-20-13-19-22(6-5-15-7-9-25-10-8-15)27-28-23(19)12-16(20)11-17-14-26-21-4-2-1-3-18(17)21/h1-14,26H/b6-5+,16-11?. The van der Waals surface area contributed by atoms with Gasteiger partial charge in [0.25, 0.3) is 0 Å². The summed E-state index contributed by atoms with van der Waals surface area (Å²) in [7, 11) is 0. The summed E-state index contributed by atoms with van der Waals surface area (Å²) < 4.78 is 14.8. The summed E-state index contributed by atoms with van der Waals surface area (Å²) in [6, 6.07) is 15.0. The Bertz CT molecular complexity index is 1370. The van der Waals surface area contributed by atoms with E-state index in [-0.39, 0.29) is 5.82 Å². The molecule has 1 aliphatic rings. The van der Waals surface area contributed by atoms with Gasteiger partial charge in [0, 0.05) is 45.5 Å². The lowest BCUT2D eigenvalue weighted by atomic mass is 10.1. The number of hydrogen-bond acceptors (Lipinski definition) is 3. The van der Waals surface area contributed by atoms with Gasteiger partial charge in [-0.25, -0.2) is 4.39 Å². The maximum absolute atomic E-state index is 14.8. The minimum atomic E-state index is -0.300. The van der Waals surface area contributed by atoms with Gasteiger partial charge < -0.3 is 4.98 Å². The molecule has 3 heterocycles. The minimum absolute atomic E-state index is 0.300. The molecule has 0 atom stereocenters. The van der Waals surface area contributed by atoms with Gasteiger partial charge in [0.1, 0.15) is 5.82 Å². The summed E-state index contributed by atoms with van der Waals surface area (Å²) in [5, 5.41) is 10.7. The van der Waals surface area contributed by atoms with E-state index in [0.29, 0.717) is 21.8 Å². The van der Waals surface area contributed by atoms with Crippen molar-refractivity contribution >= 4 is 34.4 Å². The van der Waals surface area contributed by atoms with Gasteiger partial charge in [-0.1, -0.05) is 24.3 Å². The largest absolute Gasteiger partial charge is 0.361 e. The highest BCUT2D eigenvalue weighted by Gasteiger charge is 2.10. The fourth-order valence-corrected chi connectivity index (χ4v) is 3.29. The van der Waals surface area contributed by atoms with Crippen LogP contribution < -0.4 is 10.4 Å². The second-order valence-electron chi connectivity index (χ2n) is 6.52. The topological polar surface area (TPSA) is 53.4 Å². The van der Waals surface area contributed by atoms with Crippen LogP contribution in [0.5, 0.6) is 0 Å². The van der Waals surface area contributed by atoms with E-state index in [2.05, 4.69) is 20.2 Å². The summed E-state index contributed by atoms with van der Waals surface area (Å²) in [5.74, 6) is -0.300. The van der Waals surface area contributed by atoms with Crippen molar-refractivity contribution in [3.8, 4) is 0 Å². The molecule has 0 saturated heterocycles. The number of hydrogen-bond donors (Lipinski definition) is 1. The van der Waals surface area contributed by atoms with Crippen LogP contribution in [0.3, 0.4) is 0 Å². The average molecular weight is 366 g/mol. The van der Waals surface area contributed by atoms with Crippen LogP contribution in [0, 0.1) is 5.82 Å². The van der Waals surface area contributed by atoms with Crippen LogP contribution in [0.2, 0.25) is 0 Å². The number of rotatable bonds is 3. The molecule has 4 nitrogen and oxygen atoms in total. The maximum atomic E-state index is 14.8. The molecule has 0 bridgehead atoms. The normalized spacial score (nSPS) is 13.8. The van der Waals surface area contributed by atoms with E-state index in [9.17, 15) is 4.39 Å². The average Bonchev–Trinajstić information content (AvgIpc) is 3.32. The van der Waals surface area contributed by atoms with E-state index in [0.717, 1.165) is 22.0 Å². The van der Waals surface area contributed by atoms with Crippen molar-refractivity contribution in [2.75, 3.05) is 0 Å². The van der Waals surface area contributed by atoms with E-state index in [1.807, 2.05) is 60.8 Å². The van der Waals surface area contributed by atoms with Crippen molar-refractivity contribution in [1.29, 1.82) is 0 Å². The first-order valence-corrected chi connectivity index (χ1v) is 8.89. The molecule has 0 amide bonds. The van der Waals surface area contributed by atoms with Crippen molar-refractivity contribution in [2.45, 2.75) is 0 Å². The van der Waals surface area contributed by atoms with E-state index in [1.54, 1.807) is 18.5 Å². The maximum Gasteiger partial charge on any atom is 0.131 e. The number of nitrogens with zero attached hydrogens (tertiary/aromatic N) is 3. The fourth-order valence-electron chi connectivity index (χ4n) is 3.29. The Morgan fingerprint density at radius 1 is 0.929 bits per heavy atom. The number of aromatic amines is 1. The smallest absolute Gasteiger partial charge is 0.131 e. The van der Waals surface area contributed by atoms with Crippen molar-refractivity contribution in [1.82, 2.24) is 9.97 Å². The number of benzene rings is 2. The minimum Gasteiger partial charge on any atom is -0.361 e. The molecule has 1 aliphatic heterocycles. The van der Waals surface area contributed by atoms with Crippen LogP contribution in [0.1, 0.15) is 11.1 Å². The van der Waals surface area contributed by atoms with Crippen molar-refractivity contribution in [3.05, 3.63) is 101 Å². The molecule has 0 radical (unpaired) electrons. The summed E-state index contributed by atoms with van der Waals surface area (Å²) in [5.41, 5.74) is 4.26. The molecule has 0 unspecified atom stereocenters. The van der Waals surface area contributed by atoms with Crippen LogP contribution >= 0.6 is 0 Å². The molecule has 0 saturated carbocycles. The van der Waals surface area contributed by atoms with Crippen LogP contribution in [0.15, 0.2) is 83.4 Å². The van der Waals surface area contributed by atoms with Crippen LogP contribution in [0.4, 0.5) is 10.1 Å². The number of para-hydroxylation sites is 1. The van der Waals surface area contributed by atoms with Gasteiger partial charge >= 0.3 is 0 Å². The Kier molecular flexibility index (Phi) is 3.91. The Balaban J connectivity index is 1.59. The van der Waals surface area contributed by atoms with E-state index in [1.165, 1.54) is 6.07 Å². The lowest BCUT2D eigenvalue weighted by Gasteiger charge is -1.96. The molecule has 5 rings (SSSR count). The van der Waals surface area contributed by atoms with Crippen LogP contribution in [-0.4, -0.2) is 9.97 Å². The Morgan fingerprint density at radius 3 is 2.68 bits per heavy atom. The van der Waals surface area contributed by atoms with Crippen molar-refractivity contribution in [3.63, 3.8) is 0 Å². The number of azo groups is 1. The number of aromatic nitrogens is 2. The van der Waals surface area contributed by atoms with Crippen molar-refractivity contribution < 1.29 is 4.39 Å². The number of pyridine rings is 1. The van der Waals surface area contributed by atoms with Gasteiger partial charge in [-0.15, -0.1) is 10.2 Å². The monoisotopic (exact) mass is 366 g/mol.